The lowest BCUT2D eigenvalue weighted by Gasteiger charge is -2.33. The van der Waals surface area contributed by atoms with E-state index in [9.17, 15) is 4.79 Å². The number of nitrogens with zero attached hydrogens (tertiary/aromatic N) is 4. The van der Waals surface area contributed by atoms with Gasteiger partial charge in [0.05, 0.1) is 23.8 Å². The van der Waals surface area contributed by atoms with Gasteiger partial charge in [0.25, 0.3) is 0 Å². The van der Waals surface area contributed by atoms with Gasteiger partial charge >= 0.3 is 0 Å². The maximum absolute atomic E-state index is 11.8. The zero-order valence-corrected chi connectivity index (χ0v) is 17.4. The number of aliphatic imine (C=N–C) groups is 1. The van der Waals surface area contributed by atoms with E-state index in [4.69, 9.17) is 4.99 Å². The van der Waals surface area contributed by atoms with Gasteiger partial charge in [-0.3, -0.25) is 9.69 Å². The standard InChI is InChI=1S/C18H32N6OS/c1-6-19-18(20-11-16-13(2)21-14(3)26-16)22-15-7-9-24(10-8-15)12-17(25)23(4)5/h15H,6-12H2,1-5H3,(H2,19,20,22). The number of piperidine rings is 1. The van der Waals surface area contributed by atoms with E-state index in [1.165, 1.54) is 4.88 Å². The molecule has 8 heteroatoms. The van der Waals surface area contributed by atoms with Gasteiger partial charge in [-0.05, 0) is 33.6 Å². The minimum atomic E-state index is 0.168. The Hall–Kier alpha value is -1.67. The fraction of sp³-hybridized carbons (Fsp3) is 0.722. The number of likely N-dealkylation sites (N-methyl/N-ethyl adjacent to an activating group) is 1. The van der Waals surface area contributed by atoms with Gasteiger partial charge in [0.15, 0.2) is 5.96 Å². The van der Waals surface area contributed by atoms with Crippen LogP contribution in [0.4, 0.5) is 0 Å². The van der Waals surface area contributed by atoms with Gasteiger partial charge in [0, 0.05) is 44.6 Å². The van der Waals surface area contributed by atoms with Crippen molar-refractivity contribution in [3.8, 4) is 0 Å². The Kier molecular flexibility index (Phi) is 7.84. The van der Waals surface area contributed by atoms with Crippen LogP contribution in [0.1, 0.15) is 35.3 Å². The van der Waals surface area contributed by atoms with Gasteiger partial charge in [-0.25, -0.2) is 9.98 Å². The molecule has 0 spiro atoms. The molecule has 2 rings (SSSR count). The summed E-state index contributed by atoms with van der Waals surface area (Å²) in [7, 11) is 3.62. The van der Waals surface area contributed by atoms with Crippen LogP contribution in [-0.4, -0.2) is 73.0 Å². The number of nitrogens with one attached hydrogen (secondary N) is 2. The molecule has 1 aliphatic rings. The second-order valence-electron chi connectivity index (χ2n) is 6.92. The Bertz CT molecular complexity index is 619. The predicted octanol–water partition coefficient (Wildman–Crippen LogP) is 1.37. The molecule has 2 heterocycles. The van der Waals surface area contributed by atoms with E-state index in [0.29, 0.717) is 19.1 Å². The first kappa shape index (κ1) is 20.6. The molecule has 0 atom stereocenters. The number of likely N-dealkylation sites (tertiary alicyclic amines) is 1. The van der Waals surface area contributed by atoms with Gasteiger partial charge < -0.3 is 15.5 Å². The third-order valence-corrected chi connectivity index (χ3v) is 5.57. The zero-order chi connectivity index (χ0) is 19.1. The van der Waals surface area contributed by atoms with Crippen molar-refractivity contribution < 1.29 is 4.79 Å². The molecular weight excluding hydrogens is 348 g/mol. The SMILES string of the molecule is CCNC(=NCc1sc(C)nc1C)NC1CCN(CC(=O)N(C)C)CC1. The largest absolute Gasteiger partial charge is 0.357 e. The number of aromatic nitrogens is 1. The topological polar surface area (TPSA) is 72.9 Å². The van der Waals surface area contributed by atoms with Gasteiger partial charge in [-0.2, -0.15) is 0 Å². The molecular formula is C18H32N6OS. The molecule has 26 heavy (non-hydrogen) atoms. The molecule has 0 radical (unpaired) electrons. The molecule has 1 aromatic heterocycles. The molecule has 1 saturated heterocycles. The summed E-state index contributed by atoms with van der Waals surface area (Å²) in [5.41, 5.74) is 1.07. The van der Waals surface area contributed by atoms with Crippen molar-refractivity contribution in [2.45, 2.75) is 46.2 Å². The van der Waals surface area contributed by atoms with Crippen molar-refractivity contribution >= 4 is 23.2 Å². The summed E-state index contributed by atoms with van der Waals surface area (Å²) in [6.07, 6.45) is 2.04. The van der Waals surface area contributed by atoms with Crippen molar-refractivity contribution in [1.82, 2.24) is 25.4 Å². The lowest BCUT2D eigenvalue weighted by Crippen LogP contribution is -2.50. The highest BCUT2D eigenvalue weighted by Gasteiger charge is 2.22. The lowest BCUT2D eigenvalue weighted by molar-refractivity contribution is -0.130. The van der Waals surface area contributed by atoms with Gasteiger partial charge in [0.1, 0.15) is 0 Å². The van der Waals surface area contributed by atoms with Crippen LogP contribution < -0.4 is 10.6 Å². The molecule has 146 valence electrons. The van der Waals surface area contributed by atoms with E-state index in [1.54, 1.807) is 16.2 Å². The van der Waals surface area contributed by atoms with Crippen LogP contribution >= 0.6 is 11.3 Å². The molecule has 0 saturated carbocycles. The van der Waals surface area contributed by atoms with Crippen LogP contribution in [0.15, 0.2) is 4.99 Å². The second kappa shape index (κ2) is 9.87. The first-order valence-electron chi connectivity index (χ1n) is 9.29. The molecule has 0 aliphatic carbocycles. The third kappa shape index (κ3) is 6.25. The lowest BCUT2D eigenvalue weighted by atomic mass is 10.1. The van der Waals surface area contributed by atoms with Crippen LogP contribution in [0.5, 0.6) is 0 Å². The van der Waals surface area contributed by atoms with Crippen molar-refractivity contribution in [3.63, 3.8) is 0 Å². The number of carbonyl (C=O) groups excluding carboxylic acids is 1. The Labute approximate surface area is 160 Å². The van der Waals surface area contributed by atoms with Gasteiger partial charge in [-0.1, -0.05) is 0 Å². The van der Waals surface area contributed by atoms with Crippen LogP contribution in [0.3, 0.4) is 0 Å². The number of hydrogen-bond acceptors (Lipinski definition) is 5. The summed E-state index contributed by atoms with van der Waals surface area (Å²) in [4.78, 5) is 26.1. The summed E-state index contributed by atoms with van der Waals surface area (Å²) < 4.78 is 0. The number of carbonyl (C=O) groups is 1. The van der Waals surface area contributed by atoms with E-state index in [-0.39, 0.29) is 5.91 Å². The maximum Gasteiger partial charge on any atom is 0.236 e. The molecule has 7 nitrogen and oxygen atoms in total. The highest BCUT2D eigenvalue weighted by atomic mass is 32.1. The van der Waals surface area contributed by atoms with Crippen molar-refractivity contribution in [2.24, 2.45) is 4.99 Å². The van der Waals surface area contributed by atoms with Crippen LogP contribution in [0.2, 0.25) is 0 Å². The first-order chi connectivity index (χ1) is 12.4. The van der Waals surface area contributed by atoms with E-state index in [0.717, 1.165) is 49.1 Å². The summed E-state index contributed by atoms with van der Waals surface area (Å²) >= 11 is 1.71. The van der Waals surface area contributed by atoms with Crippen molar-refractivity contribution in [3.05, 3.63) is 15.6 Å². The molecule has 2 N–H and O–H groups in total. The summed E-state index contributed by atoms with van der Waals surface area (Å²) in [5.74, 6) is 1.03. The van der Waals surface area contributed by atoms with E-state index >= 15 is 0 Å². The minimum Gasteiger partial charge on any atom is -0.357 e. The molecule has 1 amide bonds. The molecule has 0 unspecified atom stereocenters. The number of thiazole rings is 1. The zero-order valence-electron chi connectivity index (χ0n) is 16.6. The number of amides is 1. The molecule has 1 fully saturated rings. The Balaban J connectivity index is 1.85. The summed E-state index contributed by atoms with van der Waals surface area (Å²) in [6, 6.07) is 0.391. The molecule has 0 bridgehead atoms. The van der Waals surface area contributed by atoms with Crippen molar-refractivity contribution in [2.75, 3.05) is 40.3 Å². The molecule has 0 aromatic carbocycles. The van der Waals surface area contributed by atoms with Crippen LogP contribution in [-0.2, 0) is 11.3 Å². The fourth-order valence-electron chi connectivity index (χ4n) is 2.95. The van der Waals surface area contributed by atoms with Gasteiger partial charge in [0.2, 0.25) is 5.91 Å². The van der Waals surface area contributed by atoms with Crippen LogP contribution in [0, 0.1) is 13.8 Å². The van der Waals surface area contributed by atoms with Crippen molar-refractivity contribution in [1.29, 1.82) is 0 Å². The Morgan fingerprint density at radius 1 is 1.35 bits per heavy atom. The smallest absolute Gasteiger partial charge is 0.236 e. The van der Waals surface area contributed by atoms with E-state index in [1.807, 2.05) is 27.9 Å². The highest BCUT2D eigenvalue weighted by Crippen LogP contribution is 2.18. The Morgan fingerprint density at radius 3 is 2.58 bits per heavy atom. The maximum atomic E-state index is 11.8. The predicted molar refractivity (Wildman–Crippen MR) is 108 cm³/mol. The van der Waals surface area contributed by atoms with Crippen LogP contribution in [0.25, 0.3) is 0 Å². The summed E-state index contributed by atoms with van der Waals surface area (Å²) in [6.45, 7) is 10.0. The average molecular weight is 381 g/mol. The van der Waals surface area contributed by atoms with E-state index < -0.39 is 0 Å². The molecule has 1 aliphatic heterocycles. The number of guanidine groups is 1. The number of rotatable bonds is 6. The number of hydrogen-bond donors (Lipinski definition) is 2. The minimum absolute atomic E-state index is 0.168. The quantitative estimate of drug-likeness (QED) is 0.576. The highest BCUT2D eigenvalue weighted by molar-refractivity contribution is 7.11. The molecule has 1 aromatic rings. The van der Waals surface area contributed by atoms with Gasteiger partial charge in [-0.15, -0.1) is 11.3 Å². The normalized spacial score (nSPS) is 16.6. The fourth-order valence-corrected chi connectivity index (χ4v) is 3.81. The monoisotopic (exact) mass is 380 g/mol. The van der Waals surface area contributed by atoms with E-state index in [2.05, 4.69) is 27.4 Å². The number of aryl methyl sites for hydroxylation is 2. The summed E-state index contributed by atoms with van der Waals surface area (Å²) in [5, 5.41) is 7.97. The second-order valence-corrected chi connectivity index (χ2v) is 8.21. The average Bonchev–Trinajstić information content (AvgIpc) is 2.92. The Morgan fingerprint density at radius 2 is 2.04 bits per heavy atom. The third-order valence-electron chi connectivity index (χ3n) is 4.51. The first-order valence-corrected chi connectivity index (χ1v) is 10.1.